The molecule has 0 saturated carbocycles. The second kappa shape index (κ2) is 5.13. The van der Waals surface area contributed by atoms with Crippen LogP contribution in [0, 0.1) is 0 Å². The van der Waals surface area contributed by atoms with Gasteiger partial charge in [-0.25, -0.2) is 0 Å². The first kappa shape index (κ1) is 11.2. The summed E-state index contributed by atoms with van der Waals surface area (Å²) in [4.78, 5) is 0. The van der Waals surface area contributed by atoms with Crippen molar-refractivity contribution in [3.8, 4) is 0 Å². The molecule has 1 unspecified atom stereocenters. The summed E-state index contributed by atoms with van der Waals surface area (Å²) in [6.07, 6.45) is 2.28. The van der Waals surface area contributed by atoms with Crippen LogP contribution in [0.25, 0.3) is 10.8 Å². The summed E-state index contributed by atoms with van der Waals surface area (Å²) in [5, 5.41) is 6.01. The van der Waals surface area contributed by atoms with Crippen LogP contribution in [-0.4, -0.2) is 13.1 Å². The highest BCUT2D eigenvalue weighted by atomic mass is 14.9. The SMILES string of the molecule is CCC(Cc1ccc2ccccc2c1)NC. The van der Waals surface area contributed by atoms with Gasteiger partial charge in [0.25, 0.3) is 0 Å². The van der Waals surface area contributed by atoms with Crippen molar-refractivity contribution in [2.45, 2.75) is 25.8 Å². The lowest BCUT2D eigenvalue weighted by molar-refractivity contribution is 0.543. The number of likely N-dealkylation sites (N-methyl/N-ethyl adjacent to an activating group) is 1. The van der Waals surface area contributed by atoms with Crippen molar-refractivity contribution in [1.29, 1.82) is 0 Å². The van der Waals surface area contributed by atoms with E-state index in [1.54, 1.807) is 0 Å². The van der Waals surface area contributed by atoms with Crippen molar-refractivity contribution in [3.05, 3.63) is 48.0 Å². The zero-order valence-corrected chi connectivity index (χ0v) is 10.0. The summed E-state index contributed by atoms with van der Waals surface area (Å²) in [6, 6.07) is 15.9. The van der Waals surface area contributed by atoms with E-state index in [2.05, 4.69) is 54.7 Å². The molecule has 84 valence electrons. The van der Waals surface area contributed by atoms with E-state index in [1.165, 1.54) is 22.8 Å². The van der Waals surface area contributed by atoms with Crippen LogP contribution in [0.4, 0.5) is 0 Å². The van der Waals surface area contributed by atoms with Gasteiger partial charge in [-0.3, -0.25) is 0 Å². The number of hydrogen-bond acceptors (Lipinski definition) is 1. The minimum absolute atomic E-state index is 0.584. The number of nitrogens with one attached hydrogen (secondary N) is 1. The maximum Gasteiger partial charge on any atom is 0.0102 e. The minimum atomic E-state index is 0.584. The fourth-order valence-electron chi connectivity index (χ4n) is 2.10. The number of benzene rings is 2. The molecule has 0 amide bonds. The van der Waals surface area contributed by atoms with Gasteiger partial charge >= 0.3 is 0 Å². The van der Waals surface area contributed by atoms with Crippen molar-refractivity contribution < 1.29 is 0 Å². The Labute approximate surface area is 97.5 Å². The molecule has 1 N–H and O–H groups in total. The molecule has 0 saturated heterocycles. The molecule has 0 aliphatic heterocycles. The van der Waals surface area contributed by atoms with Crippen molar-refractivity contribution >= 4 is 10.8 Å². The fourth-order valence-corrected chi connectivity index (χ4v) is 2.10. The molecule has 2 rings (SSSR count). The Morgan fingerprint density at radius 3 is 2.50 bits per heavy atom. The van der Waals surface area contributed by atoms with Crippen LogP contribution < -0.4 is 5.32 Å². The second-order valence-electron chi connectivity index (χ2n) is 4.28. The molecule has 1 nitrogen and oxygen atoms in total. The average molecular weight is 213 g/mol. The molecule has 0 aromatic heterocycles. The second-order valence-corrected chi connectivity index (χ2v) is 4.28. The molecular formula is C15H19N. The smallest absolute Gasteiger partial charge is 0.0102 e. The molecule has 0 aliphatic carbocycles. The Kier molecular flexibility index (Phi) is 3.58. The average Bonchev–Trinajstić information content (AvgIpc) is 2.35. The van der Waals surface area contributed by atoms with E-state index in [0.717, 1.165) is 6.42 Å². The lowest BCUT2D eigenvalue weighted by Gasteiger charge is -2.14. The van der Waals surface area contributed by atoms with Crippen LogP contribution >= 0.6 is 0 Å². The predicted octanol–water partition coefficient (Wildman–Crippen LogP) is 3.38. The van der Waals surface area contributed by atoms with Gasteiger partial charge in [-0.2, -0.15) is 0 Å². The van der Waals surface area contributed by atoms with Gasteiger partial charge in [0.1, 0.15) is 0 Å². The normalized spacial score (nSPS) is 12.9. The van der Waals surface area contributed by atoms with Gasteiger partial charge in [-0.05, 0) is 36.2 Å². The van der Waals surface area contributed by atoms with Crippen LogP contribution in [0.3, 0.4) is 0 Å². The molecule has 0 radical (unpaired) electrons. The van der Waals surface area contributed by atoms with Gasteiger partial charge in [-0.1, -0.05) is 49.4 Å². The Morgan fingerprint density at radius 1 is 1.06 bits per heavy atom. The Bertz CT molecular complexity index is 458. The van der Waals surface area contributed by atoms with E-state index < -0.39 is 0 Å². The summed E-state index contributed by atoms with van der Waals surface area (Å²) in [5.74, 6) is 0. The molecular weight excluding hydrogens is 194 g/mol. The molecule has 16 heavy (non-hydrogen) atoms. The van der Waals surface area contributed by atoms with E-state index in [1.807, 2.05) is 7.05 Å². The van der Waals surface area contributed by atoms with Gasteiger partial charge in [0.15, 0.2) is 0 Å². The maximum atomic E-state index is 3.35. The molecule has 1 heteroatoms. The van der Waals surface area contributed by atoms with Gasteiger partial charge in [-0.15, -0.1) is 0 Å². The number of rotatable bonds is 4. The lowest BCUT2D eigenvalue weighted by atomic mass is 10.0. The molecule has 0 bridgehead atoms. The van der Waals surface area contributed by atoms with Gasteiger partial charge in [0.05, 0.1) is 0 Å². The molecule has 2 aromatic rings. The van der Waals surface area contributed by atoms with Crippen LogP contribution in [0.5, 0.6) is 0 Å². The number of hydrogen-bond donors (Lipinski definition) is 1. The van der Waals surface area contributed by atoms with Gasteiger partial charge in [0.2, 0.25) is 0 Å². The van der Waals surface area contributed by atoms with Crippen molar-refractivity contribution in [1.82, 2.24) is 5.32 Å². The molecule has 0 spiro atoms. The van der Waals surface area contributed by atoms with E-state index >= 15 is 0 Å². The van der Waals surface area contributed by atoms with E-state index in [0.29, 0.717) is 6.04 Å². The largest absolute Gasteiger partial charge is 0.317 e. The van der Waals surface area contributed by atoms with Gasteiger partial charge < -0.3 is 5.32 Å². The topological polar surface area (TPSA) is 12.0 Å². The Balaban J connectivity index is 2.25. The van der Waals surface area contributed by atoms with Crippen LogP contribution in [0.2, 0.25) is 0 Å². The Hall–Kier alpha value is -1.34. The maximum absolute atomic E-state index is 3.35. The van der Waals surface area contributed by atoms with E-state index in [9.17, 15) is 0 Å². The standard InChI is InChI=1S/C15H19N/c1-3-15(16-2)11-12-8-9-13-6-4-5-7-14(13)10-12/h4-10,15-16H,3,11H2,1-2H3. The highest BCUT2D eigenvalue weighted by Crippen LogP contribution is 2.17. The van der Waals surface area contributed by atoms with E-state index in [-0.39, 0.29) is 0 Å². The minimum Gasteiger partial charge on any atom is -0.317 e. The summed E-state index contributed by atoms with van der Waals surface area (Å²) in [7, 11) is 2.04. The first-order chi connectivity index (χ1) is 7.83. The van der Waals surface area contributed by atoms with Crippen LogP contribution in [0.1, 0.15) is 18.9 Å². The van der Waals surface area contributed by atoms with Crippen molar-refractivity contribution in [2.75, 3.05) is 7.05 Å². The molecule has 0 fully saturated rings. The summed E-state index contributed by atoms with van der Waals surface area (Å²) in [6.45, 7) is 2.22. The fraction of sp³-hybridized carbons (Fsp3) is 0.333. The van der Waals surface area contributed by atoms with Crippen LogP contribution in [-0.2, 0) is 6.42 Å². The van der Waals surface area contributed by atoms with E-state index in [4.69, 9.17) is 0 Å². The molecule has 2 aromatic carbocycles. The highest BCUT2D eigenvalue weighted by molar-refractivity contribution is 5.82. The highest BCUT2D eigenvalue weighted by Gasteiger charge is 2.04. The first-order valence-electron chi connectivity index (χ1n) is 5.98. The third-order valence-corrected chi connectivity index (χ3v) is 3.20. The predicted molar refractivity (Wildman–Crippen MR) is 70.8 cm³/mol. The summed E-state index contributed by atoms with van der Waals surface area (Å²) < 4.78 is 0. The first-order valence-corrected chi connectivity index (χ1v) is 5.98. The zero-order valence-electron chi connectivity index (χ0n) is 10.0. The third kappa shape index (κ3) is 2.42. The molecule has 1 atom stereocenters. The Morgan fingerprint density at radius 2 is 1.81 bits per heavy atom. The van der Waals surface area contributed by atoms with Crippen molar-refractivity contribution in [3.63, 3.8) is 0 Å². The molecule has 0 aliphatic rings. The third-order valence-electron chi connectivity index (χ3n) is 3.20. The summed E-state index contributed by atoms with van der Waals surface area (Å²) >= 11 is 0. The van der Waals surface area contributed by atoms with Crippen LogP contribution in [0.15, 0.2) is 42.5 Å². The zero-order chi connectivity index (χ0) is 11.4. The lowest BCUT2D eigenvalue weighted by Crippen LogP contribution is -2.26. The number of fused-ring (bicyclic) bond motifs is 1. The summed E-state index contributed by atoms with van der Waals surface area (Å²) in [5.41, 5.74) is 1.42. The quantitative estimate of drug-likeness (QED) is 0.821. The monoisotopic (exact) mass is 213 g/mol. The molecule has 0 heterocycles. The van der Waals surface area contributed by atoms with Gasteiger partial charge in [0, 0.05) is 6.04 Å². The van der Waals surface area contributed by atoms with Crippen molar-refractivity contribution in [2.24, 2.45) is 0 Å².